The van der Waals surface area contributed by atoms with Gasteiger partial charge in [0.15, 0.2) is 11.5 Å². The van der Waals surface area contributed by atoms with Gasteiger partial charge >= 0.3 is 6.36 Å². The molecular formula is C18H14F3NO4S. The number of amides is 1. The maximum atomic E-state index is 12.5. The van der Waals surface area contributed by atoms with Crippen molar-refractivity contribution in [1.29, 1.82) is 0 Å². The van der Waals surface area contributed by atoms with E-state index in [-0.39, 0.29) is 29.6 Å². The first kappa shape index (κ1) is 17.8. The van der Waals surface area contributed by atoms with Gasteiger partial charge in [0.1, 0.15) is 11.1 Å². The fourth-order valence-corrected chi connectivity index (χ4v) is 4.18. The Labute approximate surface area is 157 Å². The highest BCUT2D eigenvalue weighted by Crippen LogP contribution is 2.41. The molecule has 9 heteroatoms. The Morgan fingerprint density at radius 2 is 1.96 bits per heavy atom. The Kier molecular flexibility index (Phi) is 4.55. The van der Waals surface area contributed by atoms with Crippen LogP contribution in [0, 0.1) is 0 Å². The van der Waals surface area contributed by atoms with Crippen LogP contribution in [0.15, 0.2) is 42.5 Å². The average molecular weight is 397 g/mol. The minimum atomic E-state index is -4.76. The fourth-order valence-electron chi connectivity index (χ4n) is 3.00. The Morgan fingerprint density at radius 1 is 1.15 bits per heavy atom. The maximum Gasteiger partial charge on any atom is 0.573 e. The molecule has 5 nitrogen and oxygen atoms in total. The SMILES string of the molecule is O=C1CSC(c2cccc(OC(F)(F)F)c2)N1Cc1ccc2c(c1)OCO2. The average Bonchev–Trinajstić information content (AvgIpc) is 3.20. The van der Waals surface area contributed by atoms with E-state index in [0.717, 1.165) is 5.56 Å². The van der Waals surface area contributed by atoms with E-state index in [1.54, 1.807) is 23.1 Å². The van der Waals surface area contributed by atoms with Crippen molar-refractivity contribution in [3.8, 4) is 17.2 Å². The van der Waals surface area contributed by atoms with Gasteiger partial charge in [0.2, 0.25) is 12.7 Å². The summed E-state index contributed by atoms with van der Waals surface area (Å²) in [5.74, 6) is 1.14. The molecule has 142 valence electrons. The van der Waals surface area contributed by atoms with E-state index < -0.39 is 6.36 Å². The van der Waals surface area contributed by atoms with Crippen molar-refractivity contribution < 1.29 is 32.2 Å². The molecule has 1 amide bonds. The predicted molar refractivity (Wildman–Crippen MR) is 91.4 cm³/mol. The number of alkyl halides is 3. The highest BCUT2D eigenvalue weighted by Gasteiger charge is 2.35. The molecule has 2 aliphatic heterocycles. The lowest BCUT2D eigenvalue weighted by molar-refractivity contribution is -0.274. The molecule has 1 fully saturated rings. The molecule has 0 bridgehead atoms. The molecule has 0 aliphatic carbocycles. The van der Waals surface area contributed by atoms with Gasteiger partial charge in [-0.2, -0.15) is 0 Å². The molecule has 27 heavy (non-hydrogen) atoms. The zero-order valence-electron chi connectivity index (χ0n) is 13.9. The summed E-state index contributed by atoms with van der Waals surface area (Å²) in [6.45, 7) is 0.476. The highest BCUT2D eigenvalue weighted by molar-refractivity contribution is 8.00. The summed E-state index contributed by atoms with van der Waals surface area (Å²) in [6, 6.07) is 11.1. The molecule has 0 N–H and O–H groups in total. The van der Waals surface area contributed by atoms with E-state index in [2.05, 4.69) is 4.74 Å². The second-order valence-corrected chi connectivity index (χ2v) is 7.06. The van der Waals surface area contributed by atoms with Crippen molar-refractivity contribution in [2.75, 3.05) is 12.5 Å². The summed E-state index contributed by atoms with van der Waals surface area (Å²) in [6.07, 6.45) is -4.76. The van der Waals surface area contributed by atoms with Crippen molar-refractivity contribution in [1.82, 2.24) is 4.90 Å². The molecule has 2 heterocycles. The Balaban J connectivity index is 1.56. The van der Waals surface area contributed by atoms with Crippen LogP contribution >= 0.6 is 11.8 Å². The molecule has 2 aromatic carbocycles. The van der Waals surface area contributed by atoms with E-state index in [9.17, 15) is 18.0 Å². The van der Waals surface area contributed by atoms with E-state index >= 15 is 0 Å². The summed E-state index contributed by atoms with van der Waals surface area (Å²) in [4.78, 5) is 14.0. The van der Waals surface area contributed by atoms with Crippen LogP contribution in [0.1, 0.15) is 16.5 Å². The number of hydrogen-bond acceptors (Lipinski definition) is 5. The van der Waals surface area contributed by atoms with Gasteiger partial charge < -0.3 is 19.1 Å². The first-order valence-electron chi connectivity index (χ1n) is 8.04. The van der Waals surface area contributed by atoms with Crippen LogP contribution in [0.3, 0.4) is 0 Å². The monoisotopic (exact) mass is 397 g/mol. The van der Waals surface area contributed by atoms with Crippen molar-refractivity contribution >= 4 is 17.7 Å². The summed E-state index contributed by atoms with van der Waals surface area (Å²) in [7, 11) is 0. The smallest absolute Gasteiger partial charge is 0.454 e. The highest BCUT2D eigenvalue weighted by atomic mass is 32.2. The molecular weight excluding hydrogens is 383 g/mol. The number of carbonyl (C=O) groups excluding carboxylic acids is 1. The number of fused-ring (bicyclic) bond motifs is 1. The molecule has 0 saturated carbocycles. The third-order valence-corrected chi connectivity index (χ3v) is 5.39. The summed E-state index contributed by atoms with van der Waals surface area (Å²) in [5, 5.41) is -0.389. The zero-order chi connectivity index (χ0) is 19.0. The van der Waals surface area contributed by atoms with Crippen LogP contribution in [0.2, 0.25) is 0 Å². The Morgan fingerprint density at radius 3 is 2.78 bits per heavy atom. The molecule has 0 spiro atoms. The van der Waals surface area contributed by atoms with Gasteiger partial charge in [0, 0.05) is 6.54 Å². The lowest BCUT2D eigenvalue weighted by Crippen LogP contribution is -2.27. The molecule has 2 aliphatic rings. The molecule has 0 aromatic heterocycles. The summed E-state index contributed by atoms with van der Waals surface area (Å²) in [5.41, 5.74) is 1.43. The number of thioether (sulfide) groups is 1. The Hall–Kier alpha value is -2.55. The van der Waals surface area contributed by atoms with Crippen LogP contribution in [0.25, 0.3) is 0 Å². The van der Waals surface area contributed by atoms with E-state index in [0.29, 0.717) is 23.6 Å². The zero-order valence-corrected chi connectivity index (χ0v) is 14.7. The van der Waals surface area contributed by atoms with Gasteiger partial charge in [-0.1, -0.05) is 18.2 Å². The number of carbonyl (C=O) groups is 1. The summed E-state index contributed by atoms with van der Waals surface area (Å²) < 4.78 is 52.0. The van der Waals surface area contributed by atoms with Gasteiger partial charge in [-0.25, -0.2) is 0 Å². The van der Waals surface area contributed by atoms with E-state index in [4.69, 9.17) is 9.47 Å². The Bertz CT molecular complexity index is 874. The normalized spacial score (nSPS) is 18.9. The second-order valence-electron chi connectivity index (χ2n) is 5.99. The minimum absolute atomic E-state index is 0.0789. The van der Waals surface area contributed by atoms with Gasteiger partial charge in [-0.05, 0) is 35.4 Å². The van der Waals surface area contributed by atoms with Crippen molar-refractivity contribution in [2.24, 2.45) is 0 Å². The predicted octanol–water partition coefficient (Wildman–Crippen LogP) is 4.09. The number of nitrogens with zero attached hydrogens (tertiary/aromatic N) is 1. The van der Waals surface area contributed by atoms with Gasteiger partial charge in [-0.15, -0.1) is 24.9 Å². The molecule has 2 aromatic rings. The summed E-state index contributed by atoms with van der Waals surface area (Å²) >= 11 is 1.37. The van der Waals surface area contributed by atoms with Crippen LogP contribution in [-0.2, 0) is 11.3 Å². The third kappa shape index (κ3) is 3.92. The number of ether oxygens (including phenoxy) is 3. The van der Waals surface area contributed by atoms with Crippen molar-refractivity contribution in [3.63, 3.8) is 0 Å². The number of benzene rings is 2. The van der Waals surface area contributed by atoms with Gasteiger partial charge in [-0.3, -0.25) is 4.79 Å². The number of halogens is 3. The van der Waals surface area contributed by atoms with Crippen LogP contribution in [0.4, 0.5) is 13.2 Å². The minimum Gasteiger partial charge on any atom is -0.454 e. The lowest BCUT2D eigenvalue weighted by Gasteiger charge is -2.25. The largest absolute Gasteiger partial charge is 0.573 e. The molecule has 1 saturated heterocycles. The quantitative estimate of drug-likeness (QED) is 0.778. The second kappa shape index (κ2) is 6.88. The number of hydrogen-bond donors (Lipinski definition) is 0. The first-order valence-corrected chi connectivity index (χ1v) is 9.09. The van der Waals surface area contributed by atoms with E-state index in [1.165, 1.54) is 30.0 Å². The molecule has 1 atom stereocenters. The third-order valence-electron chi connectivity index (χ3n) is 4.13. The molecule has 4 rings (SSSR count). The lowest BCUT2D eigenvalue weighted by atomic mass is 10.1. The van der Waals surface area contributed by atoms with E-state index in [1.807, 2.05) is 6.07 Å². The molecule has 0 radical (unpaired) electrons. The van der Waals surface area contributed by atoms with Crippen LogP contribution in [0.5, 0.6) is 17.2 Å². The standard InChI is InChI=1S/C18H14F3NO4S/c19-18(20,21)26-13-3-1-2-12(7-13)17-22(16(23)9-27-17)8-11-4-5-14-15(6-11)25-10-24-14/h1-7,17H,8-10H2. The maximum absolute atomic E-state index is 12.5. The number of rotatable bonds is 4. The van der Waals surface area contributed by atoms with Crippen molar-refractivity contribution in [3.05, 3.63) is 53.6 Å². The topological polar surface area (TPSA) is 48.0 Å². The van der Waals surface area contributed by atoms with Gasteiger partial charge in [0.05, 0.1) is 5.75 Å². The first-order chi connectivity index (χ1) is 12.9. The van der Waals surface area contributed by atoms with Crippen molar-refractivity contribution in [2.45, 2.75) is 18.3 Å². The van der Waals surface area contributed by atoms with Crippen LogP contribution < -0.4 is 14.2 Å². The van der Waals surface area contributed by atoms with Gasteiger partial charge in [0.25, 0.3) is 0 Å². The molecule has 1 unspecified atom stereocenters. The van der Waals surface area contributed by atoms with Crippen LogP contribution in [-0.4, -0.2) is 29.7 Å². The fraction of sp³-hybridized carbons (Fsp3) is 0.278.